The third kappa shape index (κ3) is 4.44. The van der Waals surface area contributed by atoms with Crippen LogP contribution in [0, 0.1) is 11.3 Å². The quantitative estimate of drug-likeness (QED) is 0.680. The minimum atomic E-state index is -3.01. The van der Waals surface area contributed by atoms with E-state index in [-0.39, 0.29) is 32.8 Å². The molecule has 0 aliphatic carbocycles. The number of hydrogen-bond donors (Lipinski definition) is 1. The van der Waals surface area contributed by atoms with Crippen molar-refractivity contribution < 1.29 is 23.0 Å². The van der Waals surface area contributed by atoms with Gasteiger partial charge in [0.05, 0.1) is 11.6 Å². The zero-order valence-corrected chi connectivity index (χ0v) is 15.5. The highest BCUT2D eigenvalue weighted by Crippen LogP contribution is 2.29. The van der Waals surface area contributed by atoms with Gasteiger partial charge in [0.1, 0.15) is 10.7 Å². The zero-order chi connectivity index (χ0) is 20.8. The zero-order valence-electron chi connectivity index (χ0n) is 14.6. The second-order valence-electron chi connectivity index (χ2n) is 5.26. The molecule has 146 valence electrons. The Morgan fingerprint density at radius 1 is 1.46 bits per heavy atom. The maximum Gasteiger partial charge on any atom is 0.387 e. The highest BCUT2D eigenvalue weighted by Gasteiger charge is 2.14. The van der Waals surface area contributed by atoms with Crippen LogP contribution < -0.4 is 30.0 Å². The smallest absolute Gasteiger partial charge is 0.387 e. The van der Waals surface area contributed by atoms with E-state index in [9.17, 15) is 23.6 Å². The summed E-state index contributed by atoms with van der Waals surface area (Å²) in [6.07, 6.45) is 2.91. The van der Waals surface area contributed by atoms with Crippen LogP contribution in [-0.2, 0) is 11.3 Å². The molecule has 0 bridgehead atoms. The topological polar surface area (TPSA) is 107 Å². The number of carbonyl (C=O) groups excluding carboxylic acids is 1. The summed E-state index contributed by atoms with van der Waals surface area (Å²) in [5.74, 6) is -1.05. The second-order valence-corrected chi connectivity index (χ2v) is 6.29. The Bertz CT molecular complexity index is 1130. The SMILES string of the molecule is C=CCn1c(=O)/c(=C/c2ccc(OC(F)F)c(OC)c2)s/c1=C(\C#N)C(N)=O. The van der Waals surface area contributed by atoms with Crippen molar-refractivity contribution in [1.82, 2.24) is 4.57 Å². The number of methoxy groups -OCH3 is 1. The fraction of sp³-hybridized carbons (Fsp3) is 0.167. The molecule has 7 nitrogen and oxygen atoms in total. The van der Waals surface area contributed by atoms with Gasteiger partial charge in [-0.15, -0.1) is 17.9 Å². The number of nitriles is 1. The molecule has 0 aliphatic heterocycles. The number of aromatic nitrogens is 1. The number of alkyl halides is 2. The third-order valence-corrected chi connectivity index (χ3v) is 4.62. The van der Waals surface area contributed by atoms with E-state index in [0.29, 0.717) is 5.56 Å². The molecule has 0 unspecified atom stereocenters. The molecule has 1 amide bonds. The van der Waals surface area contributed by atoms with Crippen LogP contribution in [0.5, 0.6) is 11.5 Å². The fourth-order valence-electron chi connectivity index (χ4n) is 2.33. The number of hydrogen-bond acceptors (Lipinski definition) is 6. The maximum atomic E-state index is 12.7. The Balaban J connectivity index is 2.71. The van der Waals surface area contributed by atoms with Crippen LogP contribution in [-0.4, -0.2) is 24.2 Å². The first-order valence-electron chi connectivity index (χ1n) is 7.71. The van der Waals surface area contributed by atoms with Gasteiger partial charge in [0, 0.05) is 6.54 Å². The number of nitrogens with two attached hydrogens (primary N) is 1. The molecule has 0 spiro atoms. The highest BCUT2D eigenvalue weighted by atomic mass is 32.1. The number of benzene rings is 1. The number of allylic oxidation sites excluding steroid dienone is 1. The molecule has 1 aromatic heterocycles. The minimum absolute atomic E-state index is 0.0543. The molecule has 0 saturated heterocycles. The van der Waals surface area contributed by atoms with Crippen LogP contribution in [0.4, 0.5) is 8.78 Å². The van der Waals surface area contributed by atoms with Crippen LogP contribution in [0.25, 0.3) is 11.6 Å². The first-order valence-corrected chi connectivity index (χ1v) is 8.53. The Hall–Kier alpha value is -3.45. The van der Waals surface area contributed by atoms with E-state index in [4.69, 9.17) is 10.5 Å². The summed E-state index contributed by atoms with van der Waals surface area (Å²) in [6, 6.07) is 5.86. The molecular weight excluding hydrogens is 392 g/mol. The summed E-state index contributed by atoms with van der Waals surface area (Å²) in [7, 11) is 1.29. The number of primary amides is 1. The van der Waals surface area contributed by atoms with Crippen LogP contribution in [0.2, 0.25) is 0 Å². The number of carbonyl (C=O) groups is 1. The van der Waals surface area contributed by atoms with Crippen molar-refractivity contribution in [2.24, 2.45) is 5.73 Å². The molecule has 1 aromatic carbocycles. The molecule has 0 radical (unpaired) electrons. The van der Waals surface area contributed by atoms with E-state index in [1.54, 1.807) is 6.07 Å². The van der Waals surface area contributed by atoms with Crippen LogP contribution in [0.15, 0.2) is 35.6 Å². The number of halogens is 2. The fourth-order valence-corrected chi connectivity index (χ4v) is 3.44. The molecule has 1 heterocycles. The van der Waals surface area contributed by atoms with Gasteiger partial charge in [-0.05, 0) is 23.8 Å². The lowest BCUT2D eigenvalue weighted by atomic mass is 10.2. The number of ether oxygens (including phenoxy) is 2. The number of thiazole rings is 1. The van der Waals surface area contributed by atoms with Gasteiger partial charge < -0.3 is 15.2 Å². The third-order valence-electron chi connectivity index (χ3n) is 3.49. The Labute approximate surface area is 161 Å². The summed E-state index contributed by atoms with van der Waals surface area (Å²) in [6.45, 7) is 0.612. The Morgan fingerprint density at radius 2 is 2.18 bits per heavy atom. The van der Waals surface area contributed by atoms with Gasteiger partial charge in [-0.3, -0.25) is 14.2 Å². The average molecular weight is 407 g/mol. The number of rotatable bonds is 7. The summed E-state index contributed by atoms with van der Waals surface area (Å²) >= 11 is 0.905. The summed E-state index contributed by atoms with van der Waals surface area (Å²) < 4.78 is 35.8. The predicted molar refractivity (Wildman–Crippen MR) is 99.4 cm³/mol. The van der Waals surface area contributed by atoms with Crippen molar-refractivity contribution in [1.29, 1.82) is 5.26 Å². The van der Waals surface area contributed by atoms with Gasteiger partial charge in [0.2, 0.25) is 0 Å². The van der Waals surface area contributed by atoms with Crippen molar-refractivity contribution in [2.75, 3.05) is 7.11 Å². The van der Waals surface area contributed by atoms with Crippen molar-refractivity contribution in [3.05, 3.63) is 56.0 Å². The molecular formula is C18H15F2N3O4S. The van der Waals surface area contributed by atoms with E-state index >= 15 is 0 Å². The van der Waals surface area contributed by atoms with Crippen molar-refractivity contribution in [3.8, 4) is 17.6 Å². The highest BCUT2D eigenvalue weighted by molar-refractivity contribution is 7.07. The lowest BCUT2D eigenvalue weighted by Gasteiger charge is -2.09. The molecule has 0 atom stereocenters. The van der Waals surface area contributed by atoms with Gasteiger partial charge in [0.15, 0.2) is 17.1 Å². The Morgan fingerprint density at radius 3 is 2.71 bits per heavy atom. The number of amides is 1. The molecule has 2 aromatic rings. The molecule has 2 N–H and O–H groups in total. The summed E-state index contributed by atoms with van der Waals surface area (Å²) in [4.78, 5) is 24.2. The first-order chi connectivity index (χ1) is 13.3. The van der Waals surface area contributed by atoms with Gasteiger partial charge in [-0.25, -0.2) is 0 Å². The van der Waals surface area contributed by atoms with E-state index < -0.39 is 18.1 Å². The number of nitrogens with zero attached hydrogens (tertiary/aromatic N) is 2. The van der Waals surface area contributed by atoms with Crippen molar-refractivity contribution in [3.63, 3.8) is 0 Å². The molecule has 2 rings (SSSR count). The largest absolute Gasteiger partial charge is 0.493 e. The molecule has 0 saturated carbocycles. The molecule has 0 aliphatic rings. The van der Waals surface area contributed by atoms with Crippen LogP contribution in [0.1, 0.15) is 5.56 Å². The second kappa shape index (κ2) is 8.96. The van der Waals surface area contributed by atoms with Crippen molar-refractivity contribution in [2.45, 2.75) is 13.2 Å². The van der Waals surface area contributed by atoms with Crippen molar-refractivity contribution >= 4 is 28.9 Å². The summed E-state index contributed by atoms with van der Waals surface area (Å²) in [5, 5.41) is 9.18. The van der Waals surface area contributed by atoms with E-state index in [0.717, 1.165) is 11.3 Å². The van der Waals surface area contributed by atoms with Gasteiger partial charge in [0.25, 0.3) is 11.5 Å². The maximum absolute atomic E-state index is 12.7. The standard InChI is InChI=1S/C18H15F2N3O4S/c1-3-6-23-16(25)14(28-17(23)11(9-21)15(22)24)8-10-4-5-12(27-18(19)20)13(7-10)26-2/h3-5,7-8,18H,1,6H2,2H3,(H2,22,24)/b14-8-,17-11+. The molecule has 0 fully saturated rings. The van der Waals surface area contributed by atoms with Crippen LogP contribution >= 0.6 is 11.3 Å². The lowest BCUT2D eigenvalue weighted by molar-refractivity contribution is -0.112. The van der Waals surface area contributed by atoms with Gasteiger partial charge >= 0.3 is 6.61 Å². The van der Waals surface area contributed by atoms with Gasteiger partial charge in [-0.1, -0.05) is 12.1 Å². The van der Waals surface area contributed by atoms with Gasteiger partial charge in [-0.2, -0.15) is 14.0 Å². The minimum Gasteiger partial charge on any atom is -0.493 e. The van der Waals surface area contributed by atoms with E-state index in [1.807, 2.05) is 0 Å². The first kappa shape index (κ1) is 20.9. The molecule has 10 heteroatoms. The Kier molecular flexibility index (Phi) is 6.68. The predicted octanol–water partition coefficient (Wildman–Crippen LogP) is 0.694. The normalized spacial score (nSPS) is 12.5. The average Bonchev–Trinajstić information content (AvgIpc) is 2.93. The van der Waals surface area contributed by atoms with E-state index in [1.165, 1.54) is 42.0 Å². The lowest BCUT2D eigenvalue weighted by Crippen LogP contribution is -2.33. The van der Waals surface area contributed by atoms with Crippen LogP contribution in [0.3, 0.4) is 0 Å². The van der Waals surface area contributed by atoms with E-state index in [2.05, 4.69) is 11.3 Å². The summed E-state index contributed by atoms with van der Waals surface area (Å²) in [5.41, 5.74) is 4.88. The monoisotopic (exact) mass is 407 g/mol. The molecule has 28 heavy (non-hydrogen) atoms.